The van der Waals surface area contributed by atoms with Crippen LogP contribution in [0.3, 0.4) is 0 Å². The molecule has 0 unspecified atom stereocenters. The van der Waals surface area contributed by atoms with E-state index in [0.717, 1.165) is 33.5 Å². The van der Waals surface area contributed by atoms with E-state index in [1.807, 2.05) is 17.4 Å². The predicted molar refractivity (Wildman–Crippen MR) is 160 cm³/mol. The van der Waals surface area contributed by atoms with Crippen LogP contribution in [0.25, 0.3) is 70.4 Å². The third-order valence-corrected chi connectivity index (χ3v) is 8.38. The zero-order valence-corrected chi connectivity index (χ0v) is 21.2. The third-order valence-electron chi connectivity index (χ3n) is 7.24. The molecule has 4 heteroatoms. The molecule has 0 radical (unpaired) electrons. The number of para-hydroxylation sites is 2. The highest BCUT2D eigenvalue weighted by Crippen LogP contribution is 2.40. The monoisotopic (exact) mass is 503 g/mol. The van der Waals surface area contributed by atoms with E-state index in [0.29, 0.717) is 5.95 Å². The largest absolute Gasteiger partial charge is 0.278 e. The van der Waals surface area contributed by atoms with Gasteiger partial charge in [0.15, 0.2) is 0 Å². The molecule has 0 N–H and O–H groups in total. The molecule has 0 saturated carbocycles. The second-order valence-electron chi connectivity index (χ2n) is 9.45. The summed E-state index contributed by atoms with van der Waals surface area (Å²) < 4.78 is 4.75. The van der Waals surface area contributed by atoms with Crippen LogP contribution in [0.4, 0.5) is 0 Å². The van der Waals surface area contributed by atoms with Crippen molar-refractivity contribution < 1.29 is 0 Å². The SMILES string of the molecule is c1ccc(-c2cc(-c3cccc4sc5ccccc5c34)nc(-n3c4ccccc4c4ccccc43)n2)cc1. The molecule has 3 heterocycles. The van der Waals surface area contributed by atoms with Gasteiger partial charge in [0, 0.05) is 42.1 Å². The standard InChI is InChI=1S/C34H21N3S/c1-2-11-22(12-3-1)27-21-28(25-16-10-20-32-33(25)26-15-6-9-19-31(26)38-32)36-34(35-27)37-29-17-7-4-13-23(29)24-14-5-8-18-30(24)37/h1-21H. The lowest BCUT2D eigenvalue weighted by Gasteiger charge is -2.12. The second kappa shape index (κ2) is 8.37. The maximum Gasteiger partial charge on any atom is 0.235 e. The van der Waals surface area contributed by atoms with Gasteiger partial charge in [-0.25, -0.2) is 9.97 Å². The number of nitrogens with zero attached hydrogens (tertiary/aromatic N) is 3. The van der Waals surface area contributed by atoms with Crippen LogP contribution in [-0.4, -0.2) is 14.5 Å². The van der Waals surface area contributed by atoms with Crippen molar-refractivity contribution in [2.75, 3.05) is 0 Å². The Balaban J connectivity index is 1.48. The van der Waals surface area contributed by atoms with Gasteiger partial charge in [-0.2, -0.15) is 0 Å². The van der Waals surface area contributed by atoms with Gasteiger partial charge in [0.05, 0.1) is 22.4 Å². The summed E-state index contributed by atoms with van der Waals surface area (Å²) in [5, 5.41) is 4.91. The summed E-state index contributed by atoms with van der Waals surface area (Å²) in [6, 6.07) is 44.7. The Hall–Kier alpha value is -4.80. The van der Waals surface area contributed by atoms with Crippen molar-refractivity contribution in [3.05, 3.63) is 127 Å². The molecule has 0 atom stereocenters. The van der Waals surface area contributed by atoms with Crippen LogP contribution in [0.15, 0.2) is 127 Å². The van der Waals surface area contributed by atoms with Crippen LogP contribution in [0.1, 0.15) is 0 Å². The first kappa shape index (κ1) is 21.3. The van der Waals surface area contributed by atoms with Gasteiger partial charge in [0.2, 0.25) is 5.95 Å². The predicted octanol–water partition coefficient (Wildman–Crippen LogP) is 9.28. The van der Waals surface area contributed by atoms with Gasteiger partial charge in [-0.15, -0.1) is 11.3 Å². The van der Waals surface area contributed by atoms with Gasteiger partial charge in [-0.3, -0.25) is 4.57 Å². The topological polar surface area (TPSA) is 30.7 Å². The average molecular weight is 504 g/mol. The normalized spacial score (nSPS) is 11.7. The van der Waals surface area contributed by atoms with Gasteiger partial charge < -0.3 is 0 Å². The minimum Gasteiger partial charge on any atom is -0.278 e. The van der Waals surface area contributed by atoms with Crippen LogP contribution in [0.2, 0.25) is 0 Å². The highest BCUT2D eigenvalue weighted by Gasteiger charge is 2.18. The fraction of sp³-hybridized carbons (Fsp3) is 0. The molecule has 0 fully saturated rings. The van der Waals surface area contributed by atoms with E-state index in [-0.39, 0.29) is 0 Å². The van der Waals surface area contributed by atoms with Crippen molar-refractivity contribution in [3.8, 4) is 28.5 Å². The van der Waals surface area contributed by atoms with E-state index in [4.69, 9.17) is 9.97 Å². The summed E-state index contributed by atoms with van der Waals surface area (Å²) in [6.45, 7) is 0. The van der Waals surface area contributed by atoms with Crippen LogP contribution in [0, 0.1) is 0 Å². The number of fused-ring (bicyclic) bond motifs is 6. The zero-order valence-electron chi connectivity index (χ0n) is 20.4. The lowest BCUT2D eigenvalue weighted by atomic mass is 10.0. The Morgan fingerprint density at radius 1 is 0.500 bits per heavy atom. The van der Waals surface area contributed by atoms with Crippen molar-refractivity contribution in [2.24, 2.45) is 0 Å². The molecule has 38 heavy (non-hydrogen) atoms. The van der Waals surface area contributed by atoms with Crippen molar-refractivity contribution in [2.45, 2.75) is 0 Å². The van der Waals surface area contributed by atoms with Gasteiger partial charge in [-0.05, 0) is 30.3 Å². The first-order valence-electron chi connectivity index (χ1n) is 12.7. The van der Waals surface area contributed by atoms with Gasteiger partial charge in [-0.1, -0.05) is 97.1 Å². The first-order chi connectivity index (χ1) is 18.8. The first-order valence-corrected chi connectivity index (χ1v) is 13.5. The Morgan fingerprint density at radius 2 is 1.11 bits per heavy atom. The highest BCUT2D eigenvalue weighted by atomic mass is 32.1. The van der Waals surface area contributed by atoms with Gasteiger partial charge in [0.25, 0.3) is 0 Å². The Kier molecular flexibility index (Phi) is 4.69. The summed E-state index contributed by atoms with van der Waals surface area (Å²) in [4.78, 5) is 10.4. The van der Waals surface area contributed by atoms with Crippen molar-refractivity contribution in [1.82, 2.24) is 14.5 Å². The van der Waals surface area contributed by atoms with E-state index >= 15 is 0 Å². The minimum atomic E-state index is 0.676. The lowest BCUT2D eigenvalue weighted by Crippen LogP contribution is -2.04. The van der Waals surface area contributed by atoms with Crippen LogP contribution in [-0.2, 0) is 0 Å². The molecule has 8 aromatic rings. The molecule has 0 aliphatic rings. The molecular weight excluding hydrogens is 482 g/mol. The Morgan fingerprint density at radius 3 is 1.87 bits per heavy atom. The maximum absolute atomic E-state index is 5.26. The Labute approximate surface area is 223 Å². The second-order valence-corrected chi connectivity index (χ2v) is 10.5. The molecule has 0 bridgehead atoms. The van der Waals surface area contributed by atoms with E-state index in [1.54, 1.807) is 0 Å². The van der Waals surface area contributed by atoms with Crippen molar-refractivity contribution in [1.29, 1.82) is 0 Å². The number of hydrogen-bond acceptors (Lipinski definition) is 3. The molecule has 0 amide bonds. The molecule has 0 aliphatic heterocycles. The Bertz CT molecular complexity index is 2080. The summed E-state index contributed by atoms with van der Waals surface area (Å²) in [5.74, 6) is 0.676. The number of aromatic nitrogens is 3. The summed E-state index contributed by atoms with van der Waals surface area (Å²) >= 11 is 1.83. The van der Waals surface area contributed by atoms with Gasteiger partial charge >= 0.3 is 0 Å². The van der Waals surface area contributed by atoms with E-state index in [1.165, 1.54) is 30.9 Å². The fourth-order valence-electron chi connectivity index (χ4n) is 5.56. The van der Waals surface area contributed by atoms with E-state index in [2.05, 4.69) is 126 Å². The third kappa shape index (κ3) is 3.21. The van der Waals surface area contributed by atoms with E-state index < -0.39 is 0 Å². The van der Waals surface area contributed by atoms with Crippen LogP contribution >= 0.6 is 11.3 Å². The number of thiophene rings is 1. The minimum absolute atomic E-state index is 0.676. The lowest BCUT2D eigenvalue weighted by molar-refractivity contribution is 0.996. The molecular formula is C34H21N3S. The van der Waals surface area contributed by atoms with Crippen molar-refractivity contribution in [3.63, 3.8) is 0 Å². The zero-order chi connectivity index (χ0) is 25.1. The molecule has 0 spiro atoms. The summed E-state index contributed by atoms with van der Waals surface area (Å²) in [5.41, 5.74) is 6.23. The molecule has 0 aliphatic carbocycles. The molecule has 3 nitrogen and oxygen atoms in total. The number of benzene rings is 5. The number of hydrogen-bond donors (Lipinski definition) is 0. The fourth-order valence-corrected chi connectivity index (χ4v) is 6.69. The molecule has 0 saturated heterocycles. The quantitative estimate of drug-likeness (QED) is 0.240. The van der Waals surface area contributed by atoms with Crippen molar-refractivity contribution >= 4 is 53.3 Å². The smallest absolute Gasteiger partial charge is 0.235 e. The van der Waals surface area contributed by atoms with Crippen LogP contribution < -0.4 is 0 Å². The number of rotatable bonds is 3. The molecule has 178 valence electrons. The van der Waals surface area contributed by atoms with E-state index in [9.17, 15) is 0 Å². The molecule has 3 aromatic heterocycles. The average Bonchev–Trinajstić information content (AvgIpc) is 3.53. The molecule has 8 rings (SSSR count). The van der Waals surface area contributed by atoms with Crippen LogP contribution in [0.5, 0.6) is 0 Å². The highest BCUT2D eigenvalue weighted by molar-refractivity contribution is 7.25. The van der Waals surface area contributed by atoms with Gasteiger partial charge in [0.1, 0.15) is 0 Å². The summed E-state index contributed by atoms with van der Waals surface area (Å²) in [6.07, 6.45) is 0. The molecule has 5 aromatic carbocycles. The summed E-state index contributed by atoms with van der Waals surface area (Å²) in [7, 11) is 0. The maximum atomic E-state index is 5.26.